The molecule has 0 radical (unpaired) electrons. The molecule has 2 aromatic rings. The molecular weight excluding hydrogens is 318 g/mol. The first-order valence-corrected chi connectivity index (χ1v) is 8.67. The Balaban J connectivity index is 1.64. The molecule has 1 amide bonds. The standard InChI is InChI=1S/C19H25N3O3/c1-19(2,3)25-18(23)21-16-9-7-14(8-10-16)15-12-20-22(13-15)17-6-4-5-11-24-17/h7-10,12-13,17H,4-6,11H2,1-3H3,(H,21,23). The highest BCUT2D eigenvalue weighted by Gasteiger charge is 2.17. The van der Waals surface area contributed by atoms with E-state index in [9.17, 15) is 4.79 Å². The Hall–Kier alpha value is -2.34. The number of nitrogens with zero attached hydrogens (tertiary/aromatic N) is 2. The summed E-state index contributed by atoms with van der Waals surface area (Å²) in [6, 6.07) is 7.62. The van der Waals surface area contributed by atoms with Gasteiger partial charge in [0.25, 0.3) is 0 Å². The number of amides is 1. The molecule has 0 aliphatic carbocycles. The van der Waals surface area contributed by atoms with Crippen LogP contribution in [0.15, 0.2) is 36.7 Å². The predicted octanol–water partition coefficient (Wildman–Crippen LogP) is 4.60. The SMILES string of the molecule is CC(C)(C)OC(=O)Nc1ccc(-c2cnn(C3CCCCO3)c2)cc1. The van der Waals surface area contributed by atoms with Crippen molar-refractivity contribution >= 4 is 11.8 Å². The lowest BCUT2D eigenvalue weighted by Gasteiger charge is -2.22. The van der Waals surface area contributed by atoms with E-state index < -0.39 is 11.7 Å². The van der Waals surface area contributed by atoms with Crippen LogP contribution in [0.25, 0.3) is 11.1 Å². The summed E-state index contributed by atoms with van der Waals surface area (Å²) in [7, 11) is 0. The van der Waals surface area contributed by atoms with Crippen LogP contribution in [0, 0.1) is 0 Å². The van der Waals surface area contributed by atoms with E-state index in [4.69, 9.17) is 9.47 Å². The van der Waals surface area contributed by atoms with Crippen LogP contribution in [0.1, 0.15) is 46.3 Å². The van der Waals surface area contributed by atoms with Gasteiger partial charge in [-0.25, -0.2) is 9.48 Å². The molecule has 0 bridgehead atoms. The van der Waals surface area contributed by atoms with Crippen LogP contribution in [0.5, 0.6) is 0 Å². The number of benzene rings is 1. The van der Waals surface area contributed by atoms with Crippen molar-refractivity contribution in [3.8, 4) is 11.1 Å². The minimum atomic E-state index is -0.514. The van der Waals surface area contributed by atoms with Crippen LogP contribution in [-0.4, -0.2) is 28.1 Å². The van der Waals surface area contributed by atoms with Crippen LogP contribution < -0.4 is 5.32 Å². The minimum absolute atomic E-state index is 0.0376. The molecule has 6 nitrogen and oxygen atoms in total. The number of anilines is 1. The third kappa shape index (κ3) is 4.82. The molecule has 134 valence electrons. The van der Waals surface area contributed by atoms with Gasteiger partial charge in [0.15, 0.2) is 0 Å². The van der Waals surface area contributed by atoms with Crippen molar-refractivity contribution in [2.45, 2.75) is 51.9 Å². The lowest BCUT2D eigenvalue weighted by molar-refractivity contribution is -0.0394. The summed E-state index contributed by atoms with van der Waals surface area (Å²) < 4.78 is 12.9. The van der Waals surface area contributed by atoms with Crippen LogP contribution in [-0.2, 0) is 9.47 Å². The average Bonchev–Trinajstić information content (AvgIpc) is 3.04. The van der Waals surface area contributed by atoms with E-state index in [-0.39, 0.29) is 6.23 Å². The van der Waals surface area contributed by atoms with Crippen molar-refractivity contribution in [1.82, 2.24) is 9.78 Å². The smallest absolute Gasteiger partial charge is 0.412 e. The number of hydrogen-bond donors (Lipinski definition) is 1. The summed E-state index contributed by atoms with van der Waals surface area (Å²) in [4.78, 5) is 11.8. The number of nitrogens with one attached hydrogen (secondary N) is 1. The quantitative estimate of drug-likeness (QED) is 0.885. The molecule has 1 saturated heterocycles. The molecule has 1 atom stereocenters. The molecule has 1 aromatic heterocycles. The Morgan fingerprint density at radius 2 is 2.00 bits per heavy atom. The second-order valence-electron chi connectivity index (χ2n) is 7.23. The second-order valence-corrected chi connectivity index (χ2v) is 7.23. The maximum Gasteiger partial charge on any atom is 0.412 e. The molecule has 3 rings (SSSR count). The number of rotatable bonds is 3. The Kier molecular flexibility index (Phi) is 5.08. The highest BCUT2D eigenvalue weighted by atomic mass is 16.6. The molecule has 1 N–H and O–H groups in total. The van der Waals surface area contributed by atoms with Crippen molar-refractivity contribution in [3.05, 3.63) is 36.7 Å². The molecule has 1 aromatic carbocycles. The van der Waals surface area contributed by atoms with Gasteiger partial charge < -0.3 is 9.47 Å². The van der Waals surface area contributed by atoms with Gasteiger partial charge in [-0.05, 0) is 57.7 Å². The maximum absolute atomic E-state index is 11.8. The van der Waals surface area contributed by atoms with Gasteiger partial charge in [0, 0.05) is 24.1 Å². The Morgan fingerprint density at radius 3 is 2.64 bits per heavy atom. The minimum Gasteiger partial charge on any atom is -0.444 e. The van der Waals surface area contributed by atoms with Crippen LogP contribution >= 0.6 is 0 Å². The first-order chi connectivity index (χ1) is 11.9. The van der Waals surface area contributed by atoms with E-state index in [1.54, 1.807) is 0 Å². The maximum atomic E-state index is 11.8. The van der Waals surface area contributed by atoms with Crippen LogP contribution in [0.3, 0.4) is 0 Å². The van der Waals surface area contributed by atoms with Gasteiger partial charge in [-0.2, -0.15) is 5.10 Å². The lowest BCUT2D eigenvalue weighted by Crippen LogP contribution is -2.27. The molecule has 25 heavy (non-hydrogen) atoms. The van der Waals surface area contributed by atoms with Gasteiger partial charge in [0.1, 0.15) is 11.8 Å². The highest BCUT2D eigenvalue weighted by molar-refractivity contribution is 5.85. The molecule has 1 aliphatic rings. The third-order valence-electron chi connectivity index (χ3n) is 3.92. The number of ether oxygens (including phenoxy) is 2. The van der Waals surface area contributed by atoms with E-state index in [0.29, 0.717) is 5.69 Å². The number of carbonyl (C=O) groups excluding carboxylic acids is 1. The summed E-state index contributed by atoms with van der Waals surface area (Å²) >= 11 is 0. The van der Waals surface area contributed by atoms with Crippen molar-refractivity contribution in [2.75, 3.05) is 11.9 Å². The number of hydrogen-bond acceptors (Lipinski definition) is 4. The zero-order valence-corrected chi connectivity index (χ0v) is 15.0. The molecule has 0 spiro atoms. The topological polar surface area (TPSA) is 65.4 Å². The first-order valence-electron chi connectivity index (χ1n) is 8.67. The van der Waals surface area contributed by atoms with Crippen molar-refractivity contribution in [1.29, 1.82) is 0 Å². The summed E-state index contributed by atoms with van der Waals surface area (Å²) in [6.07, 6.45) is 6.72. The fourth-order valence-electron chi connectivity index (χ4n) is 2.74. The fourth-order valence-corrected chi connectivity index (χ4v) is 2.74. The Morgan fingerprint density at radius 1 is 1.24 bits per heavy atom. The summed E-state index contributed by atoms with van der Waals surface area (Å²) in [6.45, 7) is 6.31. The fraction of sp³-hybridized carbons (Fsp3) is 0.474. The lowest BCUT2D eigenvalue weighted by atomic mass is 10.1. The first kappa shape index (κ1) is 17.5. The van der Waals surface area contributed by atoms with Crippen LogP contribution in [0.2, 0.25) is 0 Å². The van der Waals surface area contributed by atoms with Crippen molar-refractivity contribution < 1.29 is 14.3 Å². The largest absolute Gasteiger partial charge is 0.444 e. The Labute approximate surface area is 148 Å². The third-order valence-corrected chi connectivity index (χ3v) is 3.92. The molecule has 2 heterocycles. The summed E-state index contributed by atoms with van der Waals surface area (Å²) in [5.74, 6) is 0. The molecule has 1 aliphatic heterocycles. The molecule has 1 fully saturated rings. The normalized spacial score (nSPS) is 18.0. The van der Waals surface area contributed by atoms with Gasteiger partial charge in [-0.3, -0.25) is 5.32 Å². The van der Waals surface area contributed by atoms with Gasteiger partial charge in [-0.15, -0.1) is 0 Å². The monoisotopic (exact) mass is 343 g/mol. The highest BCUT2D eigenvalue weighted by Crippen LogP contribution is 2.26. The molecule has 6 heteroatoms. The average molecular weight is 343 g/mol. The number of carbonyl (C=O) groups is 1. The van der Waals surface area contributed by atoms with Crippen molar-refractivity contribution in [2.24, 2.45) is 0 Å². The van der Waals surface area contributed by atoms with Gasteiger partial charge >= 0.3 is 6.09 Å². The molecular formula is C19H25N3O3. The van der Waals surface area contributed by atoms with E-state index in [1.807, 2.05) is 62.1 Å². The van der Waals surface area contributed by atoms with Gasteiger partial charge in [-0.1, -0.05) is 12.1 Å². The van der Waals surface area contributed by atoms with Crippen LogP contribution in [0.4, 0.5) is 10.5 Å². The van der Waals surface area contributed by atoms with E-state index in [0.717, 1.165) is 30.6 Å². The molecule has 1 unspecified atom stereocenters. The summed E-state index contributed by atoms with van der Waals surface area (Å²) in [5.41, 5.74) is 2.25. The van der Waals surface area contributed by atoms with E-state index in [2.05, 4.69) is 10.4 Å². The van der Waals surface area contributed by atoms with E-state index >= 15 is 0 Å². The zero-order chi connectivity index (χ0) is 17.9. The second kappa shape index (κ2) is 7.27. The van der Waals surface area contributed by atoms with Gasteiger partial charge in [0.2, 0.25) is 0 Å². The molecule has 0 saturated carbocycles. The predicted molar refractivity (Wildman–Crippen MR) is 96.4 cm³/mol. The summed E-state index contributed by atoms with van der Waals surface area (Å²) in [5, 5.41) is 7.16. The van der Waals surface area contributed by atoms with Gasteiger partial charge in [0.05, 0.1) is 6.20 Å². The zero-order valence-electron chi connectivity index (χ0n) is 15.0. The Bertz CT molecular complexity index is 710. The van der Waals surface area contributed by atoms with Crippen molar-refractivity contribution in [3.63, 3.8) is 0 Å². The number of aromatic nitrogens is 2. The van der Waals surface area contributed by atoms with E-state index in [1.165, 1.54) is 6.42 Å².